The van der Waals surface area contributed by atoms with Crippen LogP contribution in [-0.2, 0) is 6.54 Å². The largest absolute Gasteiger partial charge is 0.377 e. The molecule has 0 spiro atoms. The molecule has 1 aromatic rings. The van der Waals surface area contributed by atoms with Crippen LogP contribution in [0.1, 0.15) is 37.5 Å². The van der Waals surface area contributed by atoms with Gasteiger partial charge in [0.1, 0.15) is 0 Å². The van der Waals surface area contributed by atoms with Crippen molar-refractivity contribution in [2.75, 3.05) is 26.2 Å². The van der Waals surface area contributed by atoms with Crippen LogP contribution in [-0.4, -0.2) is 36.0 Å². The van der Waals surface area contributed by atoms with E-state index in [1.165, 1.54) is 35.5 Å². The number of nitrogens with zero attached hydrogens (tertiary/aromatic N) is 2. The first-order chi connectivity index (χ1) is 14.7. The first-order valence-electron chi connectivity index (χ1n) is 10.8. The van der Waals surface area contributed by atoms with Crippen molar-refractivity contribution < 1.29 is 0 Å². The number of nitrogens with one attached hydrogen (secondary N) is 1. The molecule has 0 aromatic carbocycles. The summed E-state index contributed by atoms with van der Waals surface area (Å²) in [7, 11) is 0. The van der Waals surface area contributed by atoms with Gasteiger partial charge in [-0.2, -0.15) is 0 Å². The number of hydrogen-bond acceptors (Lipinski definition) is 4. The number of allylic oxidation sites excluding steroid dienone is 5. The van der Waals surface area contributed by atoms with E-state index in [2.05, 4.69) is 78.3 Å². The van der Waals surface area contributed by atoms with Crippen LogP contribution in [0.2, 0.25) is 4.34 Å². The highest BCUT2D eigenvalue weighted by molar-refractivity contribution is 7.16. The molecule has 2 aliphatic heterocycles. The van der Waals surface area contributed by atoms with Crippen LogP contribution < -0.4 is 5.32 Å². The molecule has 164 valence electrons. The van der Waals surface area contributed by atoms with Crippen molar-refractivity contribution in [3.63, 3.8) is 0 Å². The van der Waals surface area contributed by atoms with E-state index in [-0.39, 0.29) is 0 Å². The average Bonchev–Trinajstić information content (AvgIpc) is 3.38. The van der Waals surface area contributed by atoms with Crippen LogP contribution in [0.25, 0.3) is 0 Å². The van der Waals surface area contributed by atoms with Crippen molar-refractivity contribution >= 4 is 22.9 Å². The summed E-state index contributed by atoms with van der Waals surface area (Å²) in [5.74, 6) is 0.709. The van der Waals surface area contributed by atoms with Gasteiger partial charge in [0.2, 0.25) is 0 Å². The third-order valence-corrected chi connectivity index (χ3v) is 6.60. The third-order valence-electron chi connectivity index (χ3n) is 5.37. The lowest BCUT2D eigenvalue weighted by Gasteiger charge is -2.31. The molecule has 3 nitrogen and oxygen atoms in total. The number of hydrogen-bond donors (Lipinski definition) is 1. The fourth-order valence-electron chi connectivity index (χ4n) is 3.88. The van der Waals surface area contributed by atoms with E-state index in [9.17, 15) is 0 Å². The number of halogens is 1. The van der Waals surface area contributed by atoms with E-state index < -0.39 is 0 Å². The van der Waals surface area contributed by atoms with Crippen LogP contribution >= 0.6 is 22.9 Å². The van der Waals surface area contributed by atoms with Gasteiger partial charge in [0, 0.05) is 49.0 Å². The lowest BCUT2D eigenvalue weighted by Crippen LogP contribution is -2.26. The predicted octanol–water partition coefficient (Wildman–Crippen LogP) is 6.59. The summed E-state index contributed by atoms with van der Waals surface area (Å²) in [5.41, 5.74) is 2.49. The van der Waals surface area contributed by atoms with E-state index in [1.807, 2.05) is 6.07 Å². The number of rotatable bonds is 8. The van der Waals surface area contributed by atoms with Gasteiger partial charge in [0.05, 0.1) is 4.34 Å². The molecule has 2 fully saturated rings. The minimum absolute atomic E-state index is 0.709. The number of likely N-dealkylation sites (tertiary alicyclic amines) is 2. The monoisotopic (exact) mass is 445 g/mol. The SMILES string of the molecule is C=C.C=C1CCCCN1C(/C=C\C)=C/C=C/N1CCC(CNCc2ccc(Cl)s2)C1. The van der Waals surface area contributed by atoms with E-state index in [0.717, 1.165) is 43.5 Å². The van der Waals surface area contributed by atoms with Gasteiger partial charge in [-0.3, -0.25) is 0 Å². The summed E-state index contributed by atoms with van der Waals surface area (Å²) in [4.78, 5) is 6.10. The topological polar surface area (TPSA) is 18.5 Å². The number of piperidine rings is 1. The molecule has 3 heterocycles. The molecular formula is C25H36ClN3S. The van der Waals surface area contributed by atoms with Gasteiger partial charge in [0.25, 0.3) is 0 Å². The average molecular weight is 446 g/mol. The fraction of sp³-hybridized carbons (Fsp3) is 0.440. The summed E-state index contributed by atoms with van der Waals surface area (Å²) in [6.07, 6.45) is 15.8. The predicted molar refractivity (Wildman–Crippen MR) is 134 cm³/mol. The molecule has 1 atom stereocenters. The van der Waals surface area contributed by atoms with Crippen molar-refractivity contribution in [1.82, 2.24) is 15.1 Å². The number of thiophene rings is 1. The zero-order chi connectivity index (χ0) is 21.8. The molecule has 2 aliphatic rings. The lowest BCUT2D eigenvalue weighted by molar-refractivity contribution is 0.363. The molecular weight excluding hydrogens is 410 g/mol. The van der Waals surface area contributed by atoms with Crippen molar-refractivity contribution in [1.29, 1.82) is 0 Å². The molecule has 2 saturated heterocycles. The lowest BCUT2D eigenvalue weighted by atomic mass is 10.1. The Bertz CT molecular complexity index is 749. The Morgan fingerprint density at radius 3 is 2.83 bits per heavy atom. The van der Waals surface area contributed by atoms with Gasteiger partial charge in [-0.05, 0) is 75.1 Å². The first kappa shape index (κ1) is 24.5. The maximum atomic E-state index is 5.99. The van der Waals surface area contributed by atoms with E-state index in [4.69, 9.17) is 11.6 Å². The molecule has 3 rings (SSSR count). The summed E-state index contributed by atoms with van der Waals surface area (Å²) in [5, 5.41) is 3.58. The Hall–Kier alpha value is -1.75. The van der Waals surface area contributed by atoms with Crippen molar-refractivity contribution in [2.24, 2.45) is 5.92 Å². The molecule has 0 aliphatic carbocycles. The second kappa shape index (κ2) is 13.5. The van der Waals surface area contributed by atoms with Gasteiger partial charge >= 0.3 is 0 Å². The minimum Gasteiger partial charge on any atom is -0.377 e. The first-order valence-corrected chi connectivity index (χ1v) is 12.0. The summed E-state index contributed by atoms with van der Waals surface area (Å²) < 4.78 is 0.868. The van der Waals surface area contributed by atoms with E-state index in [1.54, 1.807) is 11.3 Å². The molecule has 0 bridgehead atoms. The Labute approximate surface area is 192 Å². The highest BCUT2D eigenvalue weighted by atomic mass is 35.5. The van der Waals surface area contributed by atoms with Crippen molar-refractivity contribution in [3.05, 3.63) is 83.0 Å². The van der Waals surface area contributed by atoms with E-state index >= 15 is 0 Å². The maximum Gasteiger partial charge on any atom is 0.0931 e. The van der Waals surface area contributed by atoms with Crippen molar-refractivity contribution in [3.8, 4) is 0 Å². The summed E-state index contributed by atoms with van der Waals surface area (Å²) in [6, 6.07) is 4.08. The van der Waals surface area contributed by atoms with Crippen LogP contribution in [0.5, 0.6) is 0 Å². The molecule has 5 heteroatoms. The molecule has 1 unspecified atom stereocenters. The summed E-state index contributed by atoms with van der Waals surface area (Å²) >= 11 is 7.65. The Balaban J connectivity index is 0.00000155. The van der Waals surface area contributed by atoms with Crippen LogP contribution in [0.4, 0.5) is 0 Å². The van der Waals surface area contributed by atoms with Crippen LogP contribution in [0.15, 0.2) is 73.8 Å². The molecule has 0 radical (unpaired) electrons. The van der Waals surface area contributed by atoms with Gasteiger partial charge < -0.3 is 15.1 Å². The zero-order valence-electron chi connectivity index (χ0n) is 18.3. The molecule has 1 N–H and O–H groups in total. The Morgan fingerprint density at radius 1 is 1.30 bits per heavy atom. The highest BCUT2D eigenvalue weighted by Crippen LogP contribution is 2.24. The van der Waals surface area contributed by atoms with Gasteiger partial charge in [-0.25, -0.2) is 0 Å². The quantitative estimate of drug-likeness (QED) is 0.359. The van der Waals surface area contributed by atoms with Gasteiger partial charge in [-0.1, -0.05) is 24.3 Å². The molecule has 30 heavy (non-hydrogen) atoms. The zero-order valence-corrected chi connectivity index (χ0v) is 19.9. The standard InChI is InChI=1S/C23H32ClN3S.C2H4/c1-3-7-21(27-14-5-4-8-19(27)2)9-6-13-26-15-12-20(18-26)16-25-17-22-10-11-23(24)28-22;1-2/h3,6-7,9-11,13,20,25H,2,4-5,8,12,14-18H2,1H3;1-2H2/b7-3-,13-6+,21-9+;. The smallest absolute Gasteiger partial charge is 0.0931 e. The minimum atomic E-state index is 0.709. The second-order valence-corrected chi connectivity index (χ2v) is 9.39. The van der Waals surface area contributed by atoms with Crippen LogP contribution in [0.3, 0.4) is 0 Å². The van der Waals surface area contributed by atoms with Crippen molar-refractivity contribution in [2.45, 2.75) is 39.2 Å². The Kier molecular flexibility index (Phi) is 11.1. The normalized spacial score (nSPS) is 20.3. The highest BCUT2D eigenvalue weighted by Gasteiger charge is 2.19. The van der Waals surface area contributed by atoms with Gasteiger partial charge in [0.15, 0.2) is 0 Å². The fourth-order valence-corrected chi connectivity index (χ4v) is 4.94. The van der Waals surface area contributed by atoms with Crippen LogP contribution in [0, 0.1) is 5.92 Å². The third kappa shape index (κ3) is 7.82. The Morgan fingerprint density at radius 2 is 2.13 bits per heavy atom. The molecule has 0 amide bonds. The second-order valence-electron chi connectivity index (χ2n) is 7.59. The van der Waals surface area contributed by atoms with E-state index in [0.29, 0.717) is 5.92 Å². The maximum absolute atomic E-state index is 5.99. The molecule has 0 saturated carbocycles. The summed E-state index contributed by atoms with van der Waals surface area (Å²) in [6.45, 7) is 17.6. The van der Waals surface area contributed by atoms with Gasteiger partial charge in [-0.15, -0.1) is 24.5 Å². The molecule has 1 aromatic heterocycles.